The maximum absolute atomic E-state index is 9.21. The quantitative estimate of drug-likeness (QED) is 0.779. The fraction of sp³-hybridized carbons (Fsp3) is 0.636. The standard InChI is InChI=1S/C11H18ClN3O/c1-4-5-8-9(12)13-7-14-10(8)15-11(2,3)6-16/h7,16H,4-6H2,1-3H3,(H,13,14,15). The second kappa shape index (κ2) is 5.46. The van der Waals surface area contributed by atoms with Crippen molar-refractivity contribution in [2.45, 2.75) is 39.2 Å². The van der Waals surface area contributed by atoms with Crippen LogP contribution in [0.25, 0.3) is 0 Å². The second-order valence-corrected chi connectivity index (χ2v) is 4.77. The van der Waals surface area contributed by atoms with Crippen LogP contribution in [0.15, 0.2) is 6.33 Å². The van der Waals surface area contributed by atoms with Crippen molar-refractivity contribution >= 4 is 17.4 Å². The molecule has 1 heterocycles. The van der Waals surface area contributed by atoms with E-state index >= 15 is 0 Å². The van der Waals surface area contributed by atoms with Crippen molar-refractivity contribution in [3.8, 4) is 0 Å². The highest BCUT2D eigenvalue weighted by molar-refractivity contribution is 6.30. The highest BCUT2D eigenvalue weighted by Gasteiger charge is 2.19. The molecule has 1 rings (SSSR count). The lowest BCUT2D eigenvalue weighted by Crippen LogP contribution is -2.35. The molecule has 90 valence electrons. The molecule has 0 aliphatic carbocycles. The summed E-state index contributed by atoms with van der Waals surface area (Å²) in [6.07, 6.45) is 3.22. The Morgan fingerprint density at radius 3 is 2.69 bits per heavy atom. The molecule has 0 bridgehead atoms. The molecule has 0 spiro atoms. The van der Waals surface area contributed by atoms with Gasteiger partial charge in [-0.2, -0.15) is 0 Å². The molecule has 0 fully saturated rings. The van der Waals surface area contributed by atoms with Gasteiger partial charge >= 0.3 is 0 Å². The third-order valence-electron chi connectivity index (χ3n) is 2.24. The lowest BCUT2D eigenvalue weighted by Gasteiger charge is -2.25. The smallest absolute Gasteiger partial charge is 0.137 e. The Kier molecular flexibility index (Phi) is 4.50. The van der Waals surface area contributed by atoms with Gasteiger partial charge in [0, 0.05) is 5.56 Å². The van der Waals surface area contributed by atoms with Gasteiger partial charge < -0.3 is 10.4 Å². The average Bonchev–Trinajstić information content (AvgIpc) is 2.23. The molecule has 0 aromatic carbocycles. The van der Waals surface area contributed by atoms with E-state index in [2.05, 4.69) is 22.2 Å². The SMILES string of the molecule is CCCc1c(Cl)ncnc1NC(C)(C)CO. The fourth-order valence-electron chi connectivity index (χ4n) is 1.33. The van der Waals surface area contributed by atoms with Gasteiger partial charge in [-0.25, -0.2) is 9.97 Å². The van der Waals surface area contributed by atoms with E-state index in [0.29, 0.717) is 11.0 Å². The van der Waals surface area contributed by atoms with Crippen molar-refractivity contribution in [1.82, 2.24) is 9.97 Å². The number of aliphatic hydroxyl groups is 1. The van der Waals surface area contributed by atoms with Crippen molar-refractivity contribution in [2.24, 2.45) is 0 Å². The predicted octanol–water partition coefficient (Wildman–Crippen LogP) is 2.27. The Balaban J connectivity index is 2.99. The van der Waals surface area contributed by atoms with Gasteiger partial charge in [-0.3, -0.25) is 0 Å². The van der Waals surface area contributed by atoms with Gasteiger partial charge in [-0.15, -0.1) is 0 Å². The molecule has 0 aliphatic heterocycles. The largest absolute Gasteiger partial charge is 0.394 e. The van der Waals surface area contributed by atoms with E-state index in [4.69, 9.17) is 11.6 Å². The van der Waals surface area contributed by atoms with Gasteiger partial charge in [-0.1, -0.05) is 24.9 Å². The molecule has 0 aliphatic rings. The summed E-state index contributed by atoms with van der Waals surface area (Å²) in [5.41, 5.74) is 0.494. The number of nitrogens with one attached hydrogen (secondary N) is 1. The summed E-state index contributed by atoms with van der Waals surface area (Å²) in [6, 6.07) is 0. The summed E-state index contributed by atoms with van der Waals surface area (Å²) in [5.74, 6) is 0.709. The maximum atomic E-state index is 9.21. The first-order chi connectivity index (χ1) is 7.50. The highest BCUT2D eigenvalue weighted by atomic mass is 35.5. The molecule has 4 nitrogen and oxygen atoms in total. The first-order valence-corrected chi connectivity index (χ1v) is 5.76. The molecule has 0 radical (unpaired) electrons. The van der Waals surface area contributed by atoms with Gasteiger partial charge in [0.2, 0.25) is 0 Å². The van der Waals surface area contributed by atoms with Crippen molar-refractivity contribution < 1.29 is 5.11 Å². The third-order valence-corrected chi connectivity index (χ3v) is 2.57. The van der Waals surface area contributed by atoms with Gasteiger partial charge in [-0.05, 0) is 20.3 Å². The first-order valence-electron chi connectivity index (χ1n) is 5.38. The number of halogens is 1. The molecular weight excluding hydrogens is 226 g/mol. The van der Waals surface area contributed by atoms with Crippen LogP contribution in [-0.4, -0.2) is 27.2 Å². The molecule has 2 N–H and O–H groups in total. The summed E-state index contributed by atoms with van der Waals surface area (Å²) in [7, 11) is 0. The fourth-order valence-corrected chi connectivity index (χ4v) is 1.56. The van der Waals surface area contributed by atoms with E-state index in [1.54, 1.807) is 0 Å². The van der Waals surface area contributed by atoms with E-state index < -0.39 is 5.54 Å². The van der Waals surface area contributed by atoms with Crippen LogP contribution in [0.2, 0.25) is 5.15 Å². The molecule has 5 heteroatoms. The molecule has 0 atom stereocenters. The number of anilines is 1. The van der Waals surface area contributed by atoms with Crippen LogP contribution in [0.1, 0.15) is 32.8 Å². The third kappa shape index (κ3) is 3.32. The van der Waals surface area contributed by atoms with Crippen LogP contribution in [0, 0.1) is 0 Å². The molecule has 16 heavy (non-hydrogen) atoms. The molecular formula is C11H18ClN3O. The van der Waals surface area contributed by atoms with Crippen LogP contribution >= 0.6 is 11.6 Å². The zero-order valence-electron chi connectivity index (χ0n) is 9.92. The minimum absolute atomic E-state index is 0.0280. The summed E-state index contributed by atoms with van der Waals surface area (Å²) in [4.78, 5) is 8.14. The second-order valence-electron chi connectivity index (χ2n) is 4.41. The topological polar surface area (TPSA) is 58.0 Å². The lowest BCUT2D eigenvalue weighted by molar-refractivity contribution is 0.233. The Labute approximate surface area is 101 Å². The van der Waals surface area contributed by atoms with Crippen LogP contribution in [0.4, 0.5) is 5.82 Å². The summed E-state index contributed by atoms with van der Waals surface area (Å²) in [5, 5.41) is 12.9. The van der Waals surface area contributed by atoms with Crippen LogP contribution in [-0.2, 0) is 6.42 Å². The van der Waals surface area contributed by atoms with Crippen molar-refractivity contribution in [1.29, 1.82) is 0 Å². The highest BCUT2D eigenvalue weighted by Crippen LogP contribution is 2.23. The van der Waals surface area contributed by atoms with Crippen LogP contribution < -0.4 is 5.32 Å². The Morgan fingerprint density at radius 1 is 1.44 bits per heavy atom. The van der Waals surface area contributed by atoms with E-state index in [1.807, 2.05) is 13.8 Å². The number of rotatable bonds is 5. The summed E-state index contributed by atoms with van der Waals surface area (Å²) in [6.45, 7) is 5.90. The van der Waals surface area contributed by atoms with Gasteiger partial charge in [0.15, 0.2) is 0 Å². The normalized spacial score (nSPS) is 11.6. The van der Waals surface area contributed by atoms with Crippen LogP contribution in [0.3, 0.4) is 0 Å². The van der Waals surface area contributed by atoms with Crippen molar-refractivity contribution in [2.75, 3.05) is 11.9 Å². The van der Waals surface area contributed by atoms with E-state index in [1.165, 1.54) is 6.33 Å². The number of aliphatic hydroxyl groups excluding tert-OH is 1. The number of aromatic nitrogens is 2. The first kappa shape index (κ1) is 13.2. The van der Waals surface area contributed by atoms with E-state index in [0.717, 1.165) is 18.4 Å². The predicted molar refractivity (Wildman–Crippen MR) is 65.8 cm³/mol. The van der Waals surface area contributed by atoms with Gasteiger partial charge in [0.05, 0.1) is 12.1 Å². The number of hydrogen-bond donors (Lipinski definition) is 2. The minimum atomic E-state index is -0.416. The molecule has 0 unspecified atom stereocenters. The molecule has 0 amide bonds. The minimum Gasteiger partial charge on any atom is -0.394 e. The molecule has 0 saturated carbocycles. The van der Waals surface area contributed by atoms with E-state index in [9.17, 15) is 5.11 Å². The van der Waals surface area contributed by atoms with Gasteiger partial charge in [0.25, 0.3) is 0 Å². The van der Waals surface area contributed by atoms with Crippen LogP contribution in [0.5, 0.6) is 0 Å². The van der Waals surface area contributed by atoms with Crippen molar-refractivity contribution in [3.05, 3.63) is 17.0 Å². The lowest BCUT2D eigenvalue weighted by atomic mass is 10.1. The monoisotopic (exact) mass is 243 g/mol. The molecule has 1 aromatic rings. The maximum Gasteiger partial charge on any atom is 0.137 e. The molecule has 1 aromatic heterocycles. The van der Waals surface area contributed by atoms with E-state index in [-0.39, 0.29) is 6.61 Å². The Hall–Kier alpha value is -0.870. The summed E-state index contributed by atoms with van der Waals surface area (Å²) >= 11 is 6.03. The van der Waals surface area contributed by atoms with Gasteiger partial charge in [0.1, 0.15) is 17.3 Å². The number of nitrogens with zero attached hydrogens (tertiary/aromatic N) is 2. The van der Waals surface area contributed by atoms with Crippen molar-refractivity contribution in [3.63, 3.8) is 0 Å². The summed E-state index contributed by atoms with van der Waals surface area (Å²) < 4.78 is 0. The number of hydrogen-bond acceptors (Lipinski definition) is 4. The Bertz CT molecular complexity index is 355. The zero-order chi connectivity index (χ0) is 12.2. The zero-order valence-corrected chi connectivity index (χ0v) is 10.7. The average molecular weight is 244 g/mol. The molecule has 0 saturated heterocycles. The Morgan fingerprint density at radius 2 is 2.12 bits per heavy atom.